The molecular weight excluding hydrogens is 262 g/mol. The van der Waals surface area contributed by atoms with E-state index in [4.69, 9.17) is 4.74 Å². The number of nitrogens with zero attached hydrogens (tertiary/aromatic N) is 1. The SMILES string of the molecule is CCCC(=O)OC(c1ccccc1)C(C)N(C)C.Cl. The Morgan fingerprint density at radius 1 is 1.26 bits per heavy atom. The number of benzene rings is 1. The lowest BCUT2D eigenvalue weighted by molar-refractivity contribution is -0.152. The monoisotopic (exact) mass is 285 g/mol. The summed E-state index contributed by atoms with van der Waals surface area (Å²) in [4.78, 5) is 13.8. The van der Waals surface area contributed by atoms with Gasteiger partial charge in [0.05, 0.1) is 0 Å². The summed E-state index contributed by atoms with van der Waals surface area (Å²) in [5.74, 6) is -0.125. The fraction of sp³-hybridized carbons (Fsp3) is 0.533. The van der Waals surface area contributed by atoms with Crippen molar-refractivity contribution in [1.29, 1.82) is 0 Å². The Hall–Kier alpha value is -1.06. The molecule has 0 heterocycles. The summed E-state index contributed by atoms with van der Waals surface area (Å²) in [6.07, 6.45) is 1.08. The Bertz CT molecular complexity index is 368. The number of ether oxygens (including phenoxy) is 1. The molecule has 4 heteroatoms. The second kappa shape index (κ2) is 8.94. The molecule has 1 aromatic carbocycles. The van der Waals surface area contributed by atoms with Crippen LogP contribution in [0, 0.1) is 0 Å². The van der Waals surface area contributed by atoms with Crippen LogP contribution in [0.15, 0.2) is 30.3 Å². The third-order valence-electron chi connectivity index (χ3n) is 3.09. The number of rotatable bonds is 6. The summed E-state index contributed by atoms with van der Waals surface area (Å²) >= 11 is 0. The predicted molar refractivity (Wildman–Crippen MR) is 80.6 cm³/mol. The molecule has 0 saturated carbocycles. The molecule has 0 fully saturated rings. The highest BCUT2D eigenvalue weighted by Gasteiger charge is 2.24. The maximum Gasteiger partial charge on any atom is 0.306 e. The third kappa shape index (κ3) is 5.62. The molecule has 1 rings (SSSR count). The minimum absolute atomic E-state index is 0. The van der Waals surface area contributed by atoms with Crippen molar-refractivity contribution in [3.63, 3.8) is 0 Å². The molecule has 0 aliphatic rings. The summed E-state index contributed by atoms with van der Waals surface area (Å²) in [6.45, 7) is 4.05. The molecule has 19 heavy (non-hydrogen) atoms. The van der Waals surface area contributed by atoms with Gasteiger partial charge < -0.3 is 9.64 Å². The van der Waals surface area contributed by atoms with E-state index in [0.717, 1.165) is 12.0 Å². The van der Waals surface area contributed by atoms with Gasteiger partial charge in [-0.05, 0) is 33.0 Å². The van der Waals surface area contributed by atoms with Crippen molar-refractivity contribution in [2.45, 2.75) is 38.8 Å². The van der Waals surface area contributed by atoms with Crippen LogP contribution in [-0.2, 0) is 9.53 Å². The molecule has 0 saturated heterocycles. The van der Waals surface area contributed by atoms with Gasteiger partial charge in [0.1, 0.15) is 6.10 Å². The lowest BCUT2D eigenvalue weighted by Crippen LogP contribution is -2.33. The fourth-order valence-electron chi connectivity index (χ4n) is 1.76. The van der Waals surface area contributed by atoms with Gasteiger partial charge >= 0.3 is 5.97 Å². The first-order chi connectivity index (χ1) is 8.56. The van der Waals surface area contributed by atoms with Crippen LogP contribution in [0.5, 0.6) is 0 Å². The standard InChI is InChI=1S/C15H23NO2.ClH/c1-5-9-14(17)18-15(12(2)16(3)4)13-10-7-6-8-11-13;/h6-8,10-12,15H,5,9H2,1-4H3;1H. The fourth-order valence-corrected chi connectivity index (χ4v) is 1.76. The highest BCUT2D eigenvalue weighted by molar-refractivity contribution is 5.85. The van der Waals surface area contributed by atoms with E-state index in [1.807, 2.05) is 51.4 Å². The van der Waals surface area contributed by atoms with Crippen LogP contribution in [0.1, 0.15) is 38.4 Å². The minimum Gasteiger partial charge on any atom is -0.456 e. The Morgan fingerprint density at radius 3 is 2.32 bits per heavy atom. The van der Waals surface area contributed by atoms with Crippen LogP contribution in [0.2, 0.25) is 0 Å². The zero-order valence-electron chi connectivity index (χ0n) is 12.1. The van der Waals surface area contributed by atoms with E-state index in [2.05, 4.69) is 11.8 Å². The molecule has 2 atom stereocenters. The molecule has 108 valence electrons. The third-order valence-corrected chi connectivity index (χ3v) is 3.09. The second-order valence-electron chi connectivity index (χ2n) is 4.78. The topological polar surface area (TPSA) is 29.5 Å². The van der Waals surface area contributed by atoms with Crippen LogP contribution >= 0.6 is 12.4 Å². The van der Waals surface area contributed by atoms with Crippen LogP contribution in [0.3, 0.4) is 0 Å². The Morgan fingerprint density at radius 2 is 1.84 bits per heavy atom. The normalized spacial score (nSPS) is 13.5. The molecule has 3 nitrogen and oxygen atoms in total. The molecule has 0 aromatic heterocycles. The van der Waals surface area contributed by atoms with E-state index in [-0.39, 0.29) is 30.5 Å². The molecule has 0 bridgehead atoms. The van der Waals surface area contributed by atoms with Gasteiger partial charge in [0, 0.05) is 12.5 Å². The van der Waals surface area contributed by atoms with Crippen molar-refractivity contribution < 1.29 is 9.53 Å². The smallest absolute Gasteiger partial charge is 0.306 e. The maximum atomic E-state index is 11.7. The van der Waals surface area contributed by atoms with Gasteiger partial charge in [-0.3, -0.25) is 4.79 Å². The number of carbonyl (C=O) groups is 1. The zero-order chi connectivity index (χ0) is 13.5. The number of hydrogen-bond donors (Lipinski definition) is 0. The van der Waals surface area contributed by atoms with E-state index in [0.29, 0.717) is 6.42 Å². The first-order valence-electron chi connectivity index (χ1n) is 6.47. The quantitative estimate of drug-likeness (QED) is 0.750. The highest BCUT2D eigenvalue weighted by Crippen LogP contribution is 2.24. The van der Waals surface area contributed by atoms with Crippen molar-refractivity contribution in [2.24, 2.45) is 0 Å². The first-order valence-corrected chi connectivity index (χ1v) is 6.47. The molecular formula is C15H24ClNO2. The average molecular weight is 286 g/mol. The summed E-state index contributed by atoms with van der Waals surface area (Å²) in [5.41, 5.74) is 1.04. The minimum atomic E-state index is -0.208. The Labute approximate surface area is 122 Å². The Balaban J connectivity index is 0.00000324. The highest BCUT2D eigenvalue weighted by atomic mass is 35.5. The number of likely N-dealkylation sites (N-methyl/N-ethyl adjacent to an activating group) is 1. The van der Waals surface area contributed by atoms with Crippen molar-refractivity contribution in [3.05, 3.63) is 35.9 Å². The number of esters is 1. The van der Waals surface area contributed by atoms with E-state index in [1.54, 1.807) is 0 Å². The van der Waals surface area contributed by atoms with E-state index >= 15 is 0 Å². The van der Waals surface area contributed by atoms with Crippen molar-refractivity contribution in [3.8, 4) is 0 Å². The van der Waals surface area contributed by atoms with Crippen molar-refractivity contribution in [1.82, 2.24) is 4.90 Å². The predicted octanol–water partition coefficient (Wildman–Crippen LogP) is 3.44. The Kier molecular flexibility index (Phi) is 8.44. The van der Waals surface area contributed by atoms with Crippen molar-refractivity contribution >= 4 is 18.4 Å². The van der Waals surface area contributed by atoms with E-state index in [1.165, 1.54) is 0 Å². The molecule has 0 aliphatic heterocycles. The van der Waals surface area contributed by atoms with Gasteiger partial charge in [-0.15, -0.1) is 12.4 Å². The molecule has 2 unspecified atom stereocenters. The molecule has 0 amide bonds. The summed E-state index contributed by atoms with van der Waals surface area (Å²) in [7, 11) is 3.99. The van der Waals surface area contributed by atoms with Crippen LogP contribution in [-0.4, -0.2) is 31.0 Å². The van der Waals surface area contributed by atoms with Gasteiger partial charge in [-0.2, -0.15) is 0 Å². The zero-order valence-corrected chi connectivity index (χ0v) is 12.9. The first kappa shape index (κ1) is 17.9. The lowest BCUT2D eigenvalue weighted by atomic mass is 10.0. The number of halogens is 1. The molecule has 1 aromatic rings. The lowest BCUT2D eigenvalue weighted by Gasteiger charge is -2.29. The molecule has 0 N–H and O–H groups in total. The maximum absolute atomic E-state index is 11.7. The van der Waals surface area contributed by atoms with Gasteiger partial charge in [0.25, 0.3) is 0 Å². The average Bonchev–Trinajstić information content (AvgIpc) is 2.36. The summed E-state index contributed by atoms with van der Waals surface area (Å²) in [6, 6.07) is 10.1. The van der Waals surface area contributed by atoms with Crippen LogP contribution in [0.4, 0.5) is 0 Å². The number of carbonyl (C=O) groups excluding carboxylic acids is 1. The molecule has 0 radical (unpaired) electrons. The molecule has 0 aliphatic carbocycles. The second-order valence-corrected chi connectivity index (χ2v) is 4.78. The summed E-state index contributed by atoms with van der Waals surface area (Å²) in [5, 5.41) is 0. The van der Waals surface area contributed by atoms with Crippen LogP contribution in [0.25, 0.3) is 0 Å². The van der Waals surface area contributed by atoms with Crippen LogP contribution < -0.4 is 0 Å². The largest absolute Gasteiger partial charge is 0.456 e. The molecule has 0 spiro atoms. The van der Waals surface area contributed by atoms with E-state index < -0.39 is 0 Å². The van der Waals surface area contributed by atoms with Gasteiger partial charge in [0.15, 0.2) is 0 Å². The van der Waals surface area contributed by atoms with Gasteiger partial charge in [-0.1, -0.05) is 37.3 Å². The van der Waals surface area contributed by atoms with E-state index in [9.17, 15) is 4.79 Å². The van der Waals surface area contributed by atoms with Gasteiger partial charge in [0.2, 0.25) is 0 Å². The number of hydrogen-bond acceptors (Lipinski definition) is 3. The van der Waals surface area contributed by atoms with Gasteiger partial charge in [-0.25, -0.2) is 0 Å². The van der Waals surface area contributed by atoms with Crippen molar-refractivity contribution in [2.75, 3.05) is 14.1 Å². The summed E-state index contributed by atoms with van der Waals surface area (Å²) < 4.78 is 5.62.